The van der Waals surface area contributed by atoms with E-state index in [0.29, 0.717) is 18.9 Å². The van der Waals surface area contributed by atoms with Gasteiger partial charge in [-0.15, -0.1) is 0 Å². The highest BCUT2D eigenvalue weighted by Crippen LogP contribution is 2.15. The minimum absolute atomic E-state index is 0.0190. The molecule has 1 aromatic carbocycles. The first kappa shape index (κ1) is 11.3. The highest BCUT2D eigenvalue weighted by molar-refractivity contribution is 5.43. The minimum Gasteiger partial charge on any atom is -0.396 e. The summed E-state index contributed by atoms with van der Waals surface area (Å²) in [6.07, 6.45) is -0.579. The van der Waals surface area contributed by atoms with Crippen molar-refractivity contribution in [1.82, 2.24) is 0 Å². The van der Waals surface area contributed by atoms with Crippen LogP contribution in [0.4, 0.5) is 10.1 Å². The van der Waals surface area contributed by atoms with Gasteiger partial charge in [0, 0.05) is 11.6 Å². The van der Waals surface area contributed by atoms with Crippen LogP contribution in [0.2, 0.25) is 0 Å². The normalized spacial score (nSPS) is 25.4. The number of halogens is 1. The third-order valence-electron chi connectivity index (χ3n) is 2.33. The molecule has 0 spiro atoms. The number of anilines is 1. The third-order valence-corrected chi connectivity index (χ3v) is 2.33. The van der Waals surface area contributed by atoms with Gasteiger partial charge in [0.1, 0.15) is 5.82 Å². The number of benzene rings is 1. The topological polar surface area (TPSA) is 50.7 Å². The van der Waals surface area contributed by atoms with Crippen LogP contribution < -0.4 is 5.32 Å². The van der Waals surface area contributed by atoms with Gasteiger partial charge in [-0.25, -0.2) is 4.39 Å². The molecule has 1 saturated heterocycles. The van der Waals surface area contributed by atoms with E-state index >= 15 is 0 Å². The van der Waals surface area contributed by atoms with E-state index in [1.807, 2.05) is 0 Å². The number of aliphatic hydroxyl groups is 1. The van der Waals surface area contributed by atoms with Crippen molar-refractivity contribution < 1.29 is 19.0 Å². The van der Waals surface area contributed by atoms with Gasteiger partial charge in [-0.1, -0.05) is 6.07 Å². The van der Waals surface area contributed by atoms with Gasteiger partial charge in [0.15, 0.2) is 0 Å². The molecule has 0 radical (unpaired) electrons. The number of nitrogens with one attached hydrogen (secondary N) is 1. The van der Waals surface area contributed by atoms with Gasteiger partial charge in [-0.3, -0.25) is 0 Å². The summed E-state index contributed by atoms with van der Waals surface area (Å²) in [6, 6.07) is 6.07. The van der Waals surface area contributed by atoms with Gasteiger partial charge in [0.25, 0.3) is 0 Å². The van der Waals surface area contributed by atoms with Gasteiger partial charge < -0.3 is 19.9 Å². The molecule has 1 aliphatic heterocycles. The van der Waals surface area contributed by atoms with Crippen LogP contribution in [-0.2, 0) is 9.47 Å². The van der Waals surface area contributed by atoms with E-state index in [1.165, 1.54) is 12.1 Å². The molecule has 16 heavy (non-hydrogen) atoms. The maximum atomic E-state index is 12.9. The molecule has 2 N–H and O–H groups in total. The van der Waals surface area contributed by atoms with Crippen molar-refractivity contribution in [1.29, 1.82) is 0 Å². The zero-order valence-electron chi connectivity index (χ0n) is 8.73. The van der Waals surface area contributed by atoms with E-state index in [2.05, 4.69) is 5.32 Å². The van der Waals surface area contributed by atoms with Crippen LogP contribution in [0, 0.1) is 11.7 Å². The molecular formula is C11H14FNO3. The third kappa shape index (κ3) is 2.91. The van der Waals surface area contributed by atoms with Crippen LogP contribution in [0.15, 0.2) is 24.3 Å². The molecule has 0 atom stereocenters. The average Bonchev–Trinajstić information content (AvgIpc) is 2.30. The van der Waals surface area contributed by atoms with Gasteiger partial charge in [-0.05, 0) is 18.2 Å². The molecule has 88 valence electrons. The van der Waals surface area contributed by atoms with Crippen molar-refractivity contribution >= 4 is 5.69 Å². The fraction of sp³-hybridized carbons (Fsp3) is 0.455. The molecular weight excluding hydrogens is 213 g/mol. The molecule has 1 aliphatic rings. The quantitative estimate of drug-likeness (QED) is 0.814. The Hall–Kier alpha value is -1.17. The number of rotatable bonds is 3. The molecule has 0 saturated carbocycles. The SMILES string of the molecule is OCC1COC(Nc2cccc(F)c2)OC1. The van der Waals surface area contributed by atoms with Crippen LogP contribution in [0.25, 0.3) is 0 Å². The molecule has 2 rings (SSSR count). The summed E-state index contributed by atoms with van der Waals surface area (Å²) in [4.78, 5) is 0. The second kappa shape index (κ2) is 5.25. The Balaban J connectivity index is 1.87. The van der Waals surface area contributed by atoms with Gasteiger partial charge in [0.05, 0.1) is 19.8 Å². The molecule has 1 aromatic rings. The maximum absolute atomic E-state index is 12.9. The summed E-state index contributed by atoms with van der Waals surface area (Å²) in [5.74, 6) is -0.292. The number of ether oxygens (including phenoxy) is 2. The highest BCUT2D eigenvalue weighted by atomic mass is 19.1. The Bertz CT molecular complexity index is 340. The first-order chi connectivity index (χ1) is 7.78. The Morgan fingerprint density at radius 2 is 2.12 bits per heavy atom. The molecule has 0 bridgehead atoms. The lowest BCUT2D eigenvalue weighted by atomic mass is 10.2. The van der Waals surface area contributed by atoms with E-state index < -0.39 is 6.41 Å². The van der Waals surface area contributed by atoms with E-state index in [-0.39, 0.29) is 18.3 Å². The van der Waals surface area contributed by atoms with Crippen molar-refractivity contribution in [2.45, 2.75) is 6.41 Å². The number of hydrogen-bond acceptors (Lipinski definition) is 4. The summed E-state index contributed by atoms with van der Waals surface area (Å²) in [5.41, 5.74) is 0.604. The molecule has 0 unspecified atom stereocenters. The van der Waals surface area contributed by atoms with Crippen LogP contribution in [0.1, 0.15) is 0 Å². The molecule has 5 heteroatoms. The molecule has 1 fully saturated rings. The summed E-state index contributed by atoms with van der Waals surface area (Å²) in [5, 5.41) is 11.8. The van der Waals surface area contributed by atoms with Gasteiger partial charge in [0.2, 0.25) is 6.41 Å². The summed E-state index contributed by atoms with van der Waals surface area (Å²) < 4.78 is 23.5. The lowest BCUT2D eigenvalue weighted by molar-refractivity contribution is -0.190. The summed E-state index contributed by atoms with van der Waals surface area (Å²) >= 11 is 0. The first-order valence-electron chi connectivity index (χ1n) is 5.14. The summed E-state index contributed by atoms with van der Waals surface area (Å²) in [7, 11) is 0. The smallest absolute Gasteiger partial charge is 0.237 e. The Morgan fingerprint density at radius 3 is 2.75 bits per heavy atom. The largest absolute Gasteiger partial charge is 0.396 e. The van der Waals surface area contributed by atoms with Gasteiger partial charge in [-0.2, -0.15) is 0 Å². The average molecular weight is 227 g/mol. The molecule has 4 nitrogen and oxygen atoms in total. The lowest BCUT2D eigenvalue weighted by Gasteiger charge is -2.29. The monoisotopic (exact) mass is 227 g/mol. The predicted octanol–water partition coefficient (Wildman–Crippen LogP) is 1.18. The fourth-order valence-electron chi connectivity index (χ4n) is 1.45. The van der Waals surface area contributed by atoms with Crippen molar-refractivity contribution in [2.75, 3.05) is 25.1 Å². The fourth-order valence-corrected chi connectivity index (χ4v) is 1.45. The van der Waals surface area contributed by atoms with Crippen molar-refractivity contribution in [3.8, 4) is 0 Å². The zero-order chi connectivity index (χ0) is 11.4. The molecule has 1 heterocycles. The van der Waals surface area contributed by atoms with Crippen LogP contribution in [-0.4, -0.2) is 31.3 Å². The van der Waals surface area contributed by atoms with E-state index in [4.69, 9.17) is 14.6 Å². The summed E-state index contributed by atoms with van der Waals surface area (Å²) in [6.45, 7) is 0.916. The van der Waals surface area contributed by atoms with E-state index in [1.54, 1.807) is 12.1 Å². The van der Waals surface area contributed by atoms with Crippen molar-refractivity contribution in [2.24, 2.45) is 5.92 Å². The number of hydrogen-bond donors (Lipinski definition) is 2. The Morgan fingerprint density at radius 1 is 1.38 bits per heavy atom. The van der Waals surface area contributed by atoms with Crippen molar-refractivity contribution in [3.63, 3.8) is 0 Å². The minimum atomic E-state index is -0.579. The molecule has 0 aliphatic carbocycles. The maximum Gasteiger partial charge on any atom is 0.237 e. The zero-order valence-corrected chi connectivity index (χ0v) is 8.73. The first-order valence-corrected chi connectivity index (χ1v) is 5.14. The van der Waals surface area contributed by atoms with Crippen LogP contribution >= 0.6 is 0 Å². The predicted molar refractivity (Wildman–Crippen MR) is 56.3 cm³/mol. The number of aliphatic hydroxyl groups excluding tert-OH is 1. The van der Waals surface area contributed by atoms with Crippen LogP contribution in [0.5, 0.6) is 0 Å². The Labute approximate surface area is 93.0 Å². The highest BCUT2D eigenvalue weighted by Gasteiger charge is 2.21. The van der Waals surface area contributed by atoms with Gasteiger partial charge >= 0.3 is 0 Å². The second-order valence-corrected chi connectivity index (χ2v) is 3.70. The lowest BCUT2D eigenvalue weighted by Crippen LogP contribution is -2.38. The van der Waals surface area contributed by atoms with E-state index in [9.17, 15) is 4.39 Å². The Kier molecular flexibility index (Phi) is 3.71. The molecule has 0 aromatic heterocycles. The van der Waals surface area contributed by atoms with Crippen molar-refractivity contribution in [3.05, 3.63) is 30.1 Å². The molecule has 0 amide bonds. The van der Waals surface area contributed by atoms with Crippen LogP contribution in [0.3, 0.4) is 0 Å². The van der Waals surface area contributed by atoms with E-state index in [0.717, 1.165) is 0 Å². The second-order valence-electron chi connectivity index (χ2n) is 3.70. The standard InChI is InChI=1S/C11H14FNO3/c12-9-2-1-3-10(4-9)13-11-15-6-8(5-14)7-16-11/h1-4,8,11,13-14H,5-7H2.